The molecule has 2 heterocycles. The number of rotatable bonds is 8. The van der Waals surface area contributed by atoms with Crippen molar-refractivity contribution in [2.24, 2.45) is 5.92 Å². The molecule has 168 valence electrons. The average molecular weight is 438 g/mol. The number of nitrogens with one attached hydrogen (secondary N) is 1. The van der Waals surface area contributed by atoms with Crippen LogP contribution in [0.5, 0.6) is 0 Å². The van der Waals surface area contributed by atoms with Gasteiger partial charge >= 0.3 is 0 Å². The van der Waals surface area contributed by atoms with Crippen LogP contribution in [0.1, 0.15) is 43.4 Å². The zero-order valence-electron chi connectivity index (χ0n) is 18.2. The molecule has 30 heavy (non-hydrogen) atoms. The SMILES string of the molecule is CCCS(=O)(=O)N1CCC(C(=O)NC(CN2CCOCC2)c2ccc(C)cc2)CC1. The summed E-state index contributed by atoms with van der Waals surface area (Å²) in [6.07, 6.45) is 1.77. The molecule has 1 aromatic rings. The van der Waals surface area contributed by atoms with Crippen LogP contribution in [-0.2, 0) is 19.6 Å². The molecular formula is C22H35N3O4S. The van der Waals surface area contributed by atoms with Crippen molar-refractivity contribution in [3.05, 3.63) is 35.4 Å². The second-order valence-corrected chi connectivity index (χ2v) is 10.5. The van der Waals surface area contributed by atoms with E-state index in [1.54, 1.807) is 4.31 Å². The number of benzene rings is 1. The standard InChI is InChI=1S/C22H35N3O4S/c1-3-16-30(27,28)25-10-8-20(9-11-25)22(26)23-21(17-24-12-14-29-15-13-24)19-6-4-18(2)5-7-19/h4-7,20-21H,3,8-17H2,1-2H3,(H,23,26). The summed E-state index contributed by atoms with van der Waals surface area (Å²) in [4.78, 5) is 15.4. The molecule has 0 bridgehead atoms. The van der Waals surface area contributed by atoms with Gasteiger partial charge in [-0.3, -0.25) is 9.69 Å². The van der Waals surface area contributed by atoms with Gasteiger partial charge in [0.25, 0.3) is 0 Å². The highest BCUT2D eigenvalue weighted by Gasteiger charge is 2.32. The number of nitrogens with zero attached hydrogens (tertiary/aromatic N) is 2. The van der Waals surface area contributed by atoms with E-state index in [1.807, 2.05) is 6.92 Å². The van der Waals surface area contributed by atoms with E-state index in [4.69, 9.17) is 4.74 Å². The molecular weight excluding hydrogens is 402 g/mol. The first-order chi connectivity index (χ1) is 14.4. The van der Waals surface area contributed by atoms with Gasteiger partial charge in [-0.1, -0.05) is 36.8 Å². The van der Waals surface area contributed by atoms with Gasteiger partial charge < -0.3 is 10.1 Å². The maximum Gasteiger partial charge on any atom is 0.223 e. The number of sulfonamides is 1. The summed E-state index contributed by atoms with van der Waals surface area (Å²) in [5.41, 5.74) is 2.29. The predicted octanol–water partition coefficient (Wildman–Crippen LogP) is 1.94. The Kier molecular flexibility index (Phi) is 8.27. The molecule has 7 nitrogen and oxygen atoms in total. The Morgan fingerprint density at radius 3 is 2.37 bits per heavy atom. The number of carbonyl (C=O) groups is 1. The first kappa shape index (κ1) is 23.2. The molecule has 1 atom stereocenters. The molecule has 1 amide bonds. The van der Waals surface area contributed by atoms with Crippen molar-refractivity contribution >= 4 is 15.9 Å². The highest BCUT2D eigenvalue weighted by molar-refractivity contribution is 7.89. The Bertz CT molecular complexity index is 783. The summed E-state index contributed by atoms with van der Waals surface area (Å²) in [6.45, 7) is 8.72. The second kappa shape index (κ2) is 10.7. The Hall–Kier alpha value is -1.48. The van der Waals surface area contributed by atoms with E-state index in [0.717, 1.165) is 38.4 Å². The normalized spacial score (nSPS) is 20.7. The van der Waals surface area contributed by atoms with Gasteiger partial charge in [-0.2, -0.15) is 0 Å². The molecule has 0 aromatic heterocycles. The molecule has 2 saturated heterocycles. The third-order valence-corrected chi connectivity index (χ3v) is 8.10. The van der Waals surface area contributed by atoms with Crippen LogP contribution in [0.25, 0.3) is 0 Å². The highest BCUT2D eigenvalue weighted by Crippen LogP contribution is 2.23. The number of aryl methyl sites for hydroxylation is 1. The van der Waals surface area contributed by atoms with Crippen LogP contribution in [0.3, 0.4) is 0 Å². The third kappa shape index (κ3) is 6.26. The molecule has 3 rings (SSSR count). The number of amides is 1. The molecule has 1 unspecified atom stereocenters. The summed E-state index contributed by atoms with van der Waals surface area (Å²) in [6, 6.07) is 8.23. The largest absolute Gasteiger partial charge is 0.379 e. The molecule has 1 aromatic carbocycles. The molecule has 0 aliphatic carbocycles. The molecule has 1 N–H and O–H groups in total. The van der Waals surface area contributed by atoms with E-state index in [-0.39, 0.29) is 23.6 Å². The number of carbonyl (C=O) groups excluding carboxylic acids is 1. The zero-order valence-corrected chi connectivity index (χ0v) is 19.0. The van der Waals surface area contributed by atoms with Gasteiger partial charge in [0.15, 0.2) is 0 Å². The number of hydrogen-bond donors (Lipinski definition) is 1. The van der Waals surface area contributed by atoms with Crippen molar-refractivity contribution < 1.29 is 17.9 Å². The Balaban J connectivity index is 1.62. The fraction of sp³-hybridized carbons (Fsp3) is 0.682. The van der Waals surface area contributed by atoms with Gasteiger partial charge in [0.1, 0.15) is 0 Å². The summed E-state index contributed by atoms with van der Waals surface area (Å²) in [5.74, 6) is 0.0657. The van der Waals surface area contributed by atoms with Gasteiger partial charge in [0.2, 0.25) is 15.9 Å². The van der Waals surface area contributed by atoms with Crippen LogP contribution in [0, 0.1) is 12.8 Å². The lowest BCUT2D eigenvalue weighted by atomic mass is 9.96. The molecule has 2 aliphatic rings. The van der Waals surface area contributed by atoms with Crippen molar-refractivity contribution in [3.8, 4) is 0 Å². The van der Waals surface area contributed by atoms with Crippen LogP contribution in [0.15, 0.2) is 24.3 Å². The number of morpholine rings is 1. The van der Waals surface area contributed by atoms with Crippen molar-refractivity contribution in [1.29, 1.82) is 0 Å². The summed E-state index contributed by atoms with van der Waals surface area (Å²) in [5, 5.41) is 3.26. The summed E-state index contributed by atoms with van der Waals surface area (Å²) in [7, 11) is -3.19. The fourth-order valence-electron chi connectivity index (χ4n) is 4.15. The maximum absolute atomic E-state index is 13.1. The fourth-order valence-corrected chi connectivity index (χ4v) is 5.69. The van der Waals surface area contributed by atoms with Gasteiger partial charge in [0, 0.05) is 38.6 Å². The number of piperidine rings is 1. The first-order valence-corrected chi connectivity index (χ1v) is 12.6. The van der Waals surface area contributed by atoms with Crippen molar-refractivity contribution in [2.75, 3.05) is 51.7 Å². The lowest BCUT2D eigenvalue weighted by molar-refractivity contribution is -0.127. The third-order valence-electron chi connectivity index (χ3n) is 6.02. The topological polar surface area (TPSA) is 79.0 Å². The lowest BCUT2D eigenvalue weighted by Crippen LogP contribution is -2.47. The molecule has 2 aliphatic heterocycles. The summed E-state index contributed by atoms with van der Waals surface area (Å²) < 4.78 is 31.6. The van der Waals surface area contributed by atoms with Crippen LogP contribution in [0.2, 0.25) is 0 Å². The van der Waals surface area contributed by atoms with E-state index < -0.39 is 10.0 Å². The van der Waals surface area contributed by atoms with E-state index in [2.05, 4.69) is 41.4 Å². The van der Waals surface area contributed by atoms with Gasteiger partial charge in [0.05, 0.1) is 25.0 Å². The Morgan fingerprint density at radius 1 is 1.13 bits per heavy atom. The van der Waals surface area contributed by atoms with E-state index in [9.17, 15) is 13.2 Å². The van der Waals surface area contributed by atoms with Gasteiger partial charge in [-0.05, 0) is 31.7 Å². The molecule has 2 fully saturated rings. The van der Waals surface area contributed by atoms with E-state index in [0.29, 0.717) is 32.4 Å². The highest BCUT2D eigenvalue weighted by atomic mass is 32.2. The van der Waals surface area contributed by atoms with Crippen molar-refractivity contribution in [1.82, 2.24) is 14.5 Å². The zero-order chi connectivity index (χ0) is 21.6. The van der Waals surface area contributed by atoms with Crippen molar-refractivity contribution in [2.45, 2.75) is 39.2 Å². The average Bonchev–Trinajstić information content (AvgIpc) is 2.74. The van der Waals surface area contributed by atoms with Crippen LogP contribution >= 0.6 is 0 Å². The van der Waals surface area contributed by atoms with E-state index >= 15 is 0 Å². The Morgan fingerprint density at radius 2 is 1.77 bits per heavy atom. The second-order valence-electron chi connectivity index (χ2n) is 8.37. The van der Waals surface area contributed by atoms with Gasteiger partial charge in [-0.15, -0.1) is 0 Å². The molecule has 0 radical (unpaired) electrons. The molecule has 0 saturated carbocycles. The predicted molar refractivity (Wildman–Crippen MR) is 118 cm³/mol. The van der Waals surface area contributed by atoms with Crippen LogP contribution in [-0.4, -0.2) is 75.2 Å². The quantitative estimate of drug-likeness (QED) is 0.672. The lowest BCUT2D eigenvalue weighted by Gasteiger charge is -2.34. The first-order valence-electron chi connectivity index (χ1n) is 11.0. The number of ether oxygens (including phenoxy) is 1. The smallest absolute Gasteiger partial charge is 0.223 e. The Labute approximate surface area is 180 Å². The molecule has 8 heteroatoms. The monoisotopic (exact) mass is 437 g/mol. The van der Waals surface area contributed by atoms with E-state index in [1.165, 1.54) is 5.56 Å². The minimum Gasteiger partial charge on any atom is -0.379 e. The summed E-state index contributed by atoms with van der Waals surface area (Å²) >= 11 is 0. The van der Waals surface area contributed by atoms with Crippen molar-refractivity contribution in [3.63, 3.8) is 0 Å². The minimum absolute atomic E-state index is 0.0290. The molecule has 0 spiro atoms. The van der Waals surface area contributed by atoms with Crippen LogP contribution < -0.4 is 5.32 Å². The minimum atomic E-state index is -3.19. The maximum atomic E-state index is 13.1. The number of hydrogen-bond acceptors (Lipinski definition) is 5. The van der Waals surface area contributed by atoms with Crippen LogP contribution in [0.4, 0.5) is 0 Å². The van der Waals surface area contributed by atoms with Gasteiger partial charge in [-0.25, -0.2) is 12.7 Å².